The number of benzene rings is 1. The van der Waals surface area contributed by atoms with E-state index in [9.17, 15) is 4.79 Å². The molecular weight excluding hydrogens is 304 g/mol. The van der Waals surface area contributed by atoms with Crippen LogP contribution in [0.2, 0.25) is 5.02 Å². The molecule has 7 heteroatoms. The Morgan fingerprint density at radius 1 is 1.41 bits per heavy atom. The predicted molar refractivity (Wildman–Crippen MR) is 79.8 cm³/mol. The first-order chi connectivity index (χ1) is 10.6. The molecule has 0 bridgehead atoms. The van der Waals surface area contributed by atoms with Gasteiger partial charge in [0.05, 0.1) is 17.1 Å². The lowest BCUT2D eigenvalue weighted by Gasteiger charge is -2.04. The van der Waals surface area contributed by atoms with Gasteiger partial charge >= 0.3 is 5.97 Å². The van der Waals surface area contributed by atoms with E-state index in [1.807, 2.05) is 18.2 Å². The second-order valence-electron chi connectivity index (χ2n) is 4.69. The first-order valence-electron chi connectivity index (χ1n) is 6.32. The van der Waals surface area contributed by atoms with Crippen LogP contribution in [0.1, 0.15) is 21.6 Å². The van der Waals surface area contributed by atoms with Gasteiger partial charge < -0.3 is 5.11 Å². The normalized spacial score (nSPS) is 10.5. The first kappa shape index (κ1) is 14.0. The van der Waals surface area contributed by atoms with Crippen molar-refractivity contribution in [1.82, 2.24) is 14.8 Å². The van der Waals surface area contributed by atoms with E-state index in [2.05, 4.69) is 10.1 Å². The van der Waals surface area contributed by atoms with Crippen molar-refractivity contribution in [2.24, 2.45) is 0 Å². The largest absolute Gasteiger partial charge is 0.478 e. The molecule has 0 spiro atoms. The lowest BCUT2D eigenvalue weighted by atomic mass is 10.1. The van der Waals surface area contributed by atoms with E-state index in [1.54, 1.807) is 18.3 Å². The minimum Gasteiger partial charge on any atom is -0.478 e. The standard InChI is InChI=1S/C15H9ClN4O2/c16-11-4-10-3-9(1-2-13(10)18-6-11)7-20-8-12(15(21)22)14(5-17)19-20/h1-4,6,8H,7H2,(H,21,22). The van der Waals surface area contributed by atoms with Crippen molar-refractivity contribution in [2.75, 3.05) is 0 Å². The fourth-order valence-corrected chi connectivity index (χ4v) is 2.35. The number of aromatic carboxylic acids is 1. The molecule has 2 aromatic heterocycles. The number of aromatic nitrogens is 3. The third-order valence-corrected chi connectivity index (χ3v) is 3.36. The summed E-state index contributed by atoms with van der Waals surface area (Å²) in [4.78, 5) is 15.2. The SMILES string of the molecule is N#Cc1nn(Cc2ccc3ncc(Cl)cc3c2)cc1C(=O)O. The van der Waals surface area contributed by atoms with Crippen LogP contribution in [0, 0.1) is 11.3 Å². The maximum absolute atomic E-state index is 11.0. The fraction of sp³-hybridized carbons (Fsp3) is 0.0667. The Hall–Kier alpha value is -2.91. The Balaban J connectivity index is 1.96. The minimum atomic E-state index is -1.17. The zero-order chi connectivity index (χ0) is 15.7. The van der Waals surface area contributed by atoms with Crippen molar-refractivity contribution in [3.63, 3.8) is 0 Å². The Bertz CT molecular complexity index is 927. The van der Waals surface area contributed by atoms with E-state index in [-0.39, 0.29) is 11.3 Å². The monoisotopic (exact) mass is 312 g/mol. The molecule has 0 aliphatic rings. The fourth-order valence-electron chi connectivity index (χ4n) is 2.18. The van der Waals surface area contributed by atoms with Crippen LogP contribution in [0.3, 0.4) is 0 Å². The summed E-state index contributed by atoms with van der Waals surface area (Å²) >= 11 is 5.93. The van der Waals surface area contributed by atoms with Gasteiger partial charge in [0.2, 0.25) is 0 Å². The van der Waals surface area contributed by atoms with E-state index >= 15 is 0 Å². The summed E-state index contributed by atoms with van der Waals surface area (Å²) in [6, 6.07) is 9.22. The van der Waals surface area contributed by atoms with Gasteiger partial charge in [-0.3, -0.25) is 9.67 Å². The molecular formula is C15H9ClN4O2. The van der Waals surface area contributed by atoms with E-state index in [1.165, 1.54) is 10.9 Å². The molecule has 3 aromatic rings. The quantitative estimate of drug-likeness (QED) is 0.802. The average Bonchev–Trinajstić information content (AvgIpc) is 2.90. The molecule has 1 N–H and O–H groups in total. The highest BCUT2D eigenvalue weighted by molar-refractivity contribution is 6.31. The number of pyridine rings is 1. The summed E-state index contributed by atoms with van der Waals surface area (Å²) < 4.78 is 1.43. The number of nitrogens with zero attached hydrogens (tertiary/aromatic N) is 4. The number of carboxylic acids is 1. The van der Waals surface area contributed by atoms with Crippen molar-refractivity contribution >= 4 is 28.5 Å². The molecule has 0 unspecified atom stereocenters. The van der Waals surface area contributed by atoms with Gasteiger partial charge in [-0.15, -0.1) is 0 Å². The van der Waals surface area contributed by atoms with Gasteiger partial charge in [-0.05, 0) is 23.8 Å². The van der Waals surface area contributed by atoms with Crippen molar-refractivity contribution in [2.45, 2.75) is 6.54 Å². The molecule has 2 heterocycles. The molecule has 3 rings (SSSR count). The summed E-state index contributed by atoms with van der Waals surface area (Å²) in [6.45, 7) is 0.352. The smallest absolute Gasteiger partial charge is 0.340 e. The number of nitriles is 1. The van der Waals surface area contributed by atoms with Crippen LogP contribution >= 0.6 is 11.6 Å². The van der Waals surface area contributed by atoms with Crippen LogP contribution < -0.4 is 0 Å². The molecule has 0 saturated heterocycles. The van der Waals surface area contributed by atoms with Gasteiger partial charge in [0.25, 0.3) is 0 Å². The number of fused-ring (bicyclic) bond motifs is 1. The average molecular weight is 313 g/mol. The summed E-state index contributed by atoms with van der Waals surface area (Å²) in [5, 5.41) is 23.3. The van der Waals surface area contributed by atoms with Crippen molar-refractivity contribution < 1.29 is 9.90 Å². The third kappa shape index (κ3) is 2.62. The molecule has 0 amide bonds. The summed E-state index contributed by atoms with van der Waals surface area (Å²) in [6.07, 6.45) is 2.93. The van der Waals surface area contributed by atoms with Gasteiger partial charge in [-0.2, -0.15) is 10.4 Å². The molecule has 1 aromatic carbocycles. The number of rotatable bonds is 3. The van der Waals surface area contributed by atoms with Gasteiger partial charge in [-0.25, -0.2) is 4.79 Å². The highest BCUT2D eigenvalue weighted by atomic mass is 35.5. The highest BCUT2D eigenvalue weighted by Crippen LogP contribution is 2.19. The van der Waals surface area contributed by atoms with Gasteiger partial charge in [0.1, 0.15) is 11.6 Å². The zero-order valence-electron chi connectivity index (χ0n) is 11.2. The second kappa shape index (κ2) is 5.47. The van der Waals surface area contributed by atoms with Gasteiger partial charge in [-0.1, -0.05) is 17.7 Å². The highest BCUT2D eigenvalue weighted by Gasteiger charge is 2.15. The Morgan fingerprint density at radius 2 is 2.23 bits per heavy atom. The Kier molecular flexibility index (Phi) is 3.49. The molecule has 0 radical (unpaired) electrons. The maximum atomic E-state index is 11.0. The van der Waals surface area contributed by atoms with Crippen LogP contribution in [0.5, 0.6) is 0 Å². The summed E-state index contributed by atoms with van der Waals surface area (Å²) in [5.41, 5.74) is 1.52. The van der Waals surface area contributed by atoms with Gasteiger partial charge in [0.15, 0.2) is 5.69 Å². The van der Waals surface area contributed by atoms with Crippen LogP contribution in [0.25, 0.3) is 10.9 Å². The van der Waals surface area contributed by atoms with E-state index in [0.29, 0.717) is 11.6 Å². The van der Waals surface area contributed by atoms with E-state index in [0.717, 1.165) is 16.5 Å². The van der Waals surface area contributed by atoms with Crippen molar-refractivity contribution in [1.29, 1.82) is 5.26 Å². The zero-order valence-corrected chi connectivity index (χ0v) is 11.9. The Morgan fingerprint density at radius 3 is 2.91 bits per heavy atom. The molecule has 6 nitrogen and oxygen atoms in total. The molecule has 22 heavy (non-hydrogen) atoms. The molecule has 0 aliphatic heterocycles. The number of carbonyl (C=O) groups is 1. The number of hydrogen-bond acceptors (Lipinski definition) is 4. The predicted octanol–water partition coefficient (Wildman–Crippen LogP) is 2.70. The van der Waals surface area contributed by atoms with Crippen LogP contribution in [-0.4, -0.2) is 25.8 Å². The number of carboxylic acid groups (broad SMARTS) is 1. The van der Waals surface area contributed by atoms with Gasteiger partial charge in [0, 0.05) is 17.8 Å². The molecule has 0 fully saturated rings. The lowest BCUT2D eigenvalue weighted by molar-refractivity contribution is 0.0696. The minimum absolute atomic E-state index is 0.0991. The maximum Gasteiger partial charge on any atom is 0.340 e. The molecule has 0 atom stereocenters. The molecule has 108 valence electrons. The third-order valence-electron chi connectivity index (χ3n) is 3.15. The van der Waals surface area contributed by atoms with Crippen LogP contribution in [-0.2, 0) is 6.54 Å². The van der Waals surface area contributed by atoms with E-state index < -0.39 is 5.97 Å². The van der Waals surface area contributed by atoms with Crippen molar-refractivity contribution in [3.05, 3.63) is 58.5 Å². The summed E-state index contributed by atoms with van der Waals surface area (Å²) in [7, 11) is 0. The van der Waals surface area contributed by atoms with Crippen LogP contribution in [0.15, 0.2) is 36.7 Å². The lowest BCUT2D eigenvalue weighted by Crippen LogP contribution is -2.00. The second-order valence-corrected chi connectivity index (χ2v) is 5.12. The number of halogens is 1. The first-order valence-corrected chi connectivity index (χ1v) is 6.69. The van der Waals surface area contributed by atoms with Crippen molar-refractivity contribution in [3.8, 4) is 6.07 Å². The topological polar surface area (TPSA) is 91.8 Å². The Labute approximate surface area is 130 Å². The van der Waals surface area contributed by atoms with E-state index in [4.69, 9.17) is 22.0 Å². The molecule has 0 saturated carbocycles. The summed E-state index contributed by atoms with van der Waals surface area (Å²) in [5.74, 6) is -1.17. The molecule has 0 aliphatic carbocycles. The van der Waals surface area contributed by atoms with Crippen LogP contribution in [0.4, 0.5) is 0 Å². The number of hydrogen-bond donors (Lipinski definition) is 1.